The van der Waals surface area contributed by atoms with Crippen molar-refractivity contribution in [3.63, 3.8) is 0 Å². The molecule has 6 heteroatoms. The van der Waals surface area contributed by atoms with Crippen molar-refractivity contribution >= 4 is 17.7 Å². The molecule has 192 valence electrons. The monoisotopic (exact) mass is 481 g/mol. The van der Waals surface area contributed by atoms with Gasteiger partial charge in [-0.05, 0) is 42.1 Å². The fraction of sp³-hybridized carbons (Fsp3) is 0.517. The summed E-state index contributed by atoms with van der Waals surface area (Å²) in [5, 5.41) is 16.0. The van der Waals surface area contributed by atoms with Crippen LogP contribution >= 0.6 is 0 Å². The molecular weight excluding hydrogens is 438 g/mol. The second-order valence-corrected chi connectivity index (χ2v) is 9.17. The minimum atomic E-state index is -0.876. The van der Waals surface area contributed by atoms with E-state index in [1.54, 1.807) is 11.9 Å². The summed E-state index contributed by atoms with van der Waals surface area (Å²) in [6.07, 6.45) is 9.08. The van der Waals surface area contributed by atoms with E-state index in [2.05, 4.69) is 24.5 Å². The first-order chi connectivity index (χ1) is 17.0. The topological polar surface area (TPSA) is 81.7 Å². The van der Waals surface area contributed by atoms with Crippen molar-refractivity contribution in [1.29, 1.82) is 0 Å². The number of aliphatic carboxylic acids is 1. The zero-order valence-electron chi connectivity index (χ0n) is 21.7. The van der Waals surface area contributed by atoms with Crippen LogP contribution in [0.1, 0.15) is 70.8 Å². The van der Waals surface area contributed by atoms with Crippen molar-refractivity contribution in [2.24, 2.45) is 0 Å². The standard InChI is InChI=1S/C29H43N3O3/c1-4-6-8-9-14-20-31-29(35)32(3)27-22-24(23-15-11-10-12-16-23)17-18-25(27)21-26(28(33)34)30-19-13-7-5-2/h10-12,15-18,22,26,30H,4-9,13-14,19-21H2,1-3H3,(H,31,35)(H,33,34)/t26-/m0/s1. The summed E-state index contributed by atoms with van der Waals surface area (Å²) in [5.41, 5.74) is 3.61. The summed E-state index contributed by atoms with van der Waals surface area (Å²) in [6, 6.07) is 15.1. The average Bonchev–Trinajstić information content (AvgIpc) is 2.87. The smallest absolute Gasteiger partial charge is 0.321 e. The van der Waals surface area contributed by atoms with Gasteiger partial charge in [-0.15, -0.1) is 0 Å². The Bertz CT molecular complexity index is 901. The quantitative estimate of drug-likeness (QED) is 0.248. The van der Waals surface area contributed by atoms with Crippen LogP contribution in [-0.4, -0.2) is 43.3 Å². The normalized spacial score (nSPS) is 11.7. The average molecular weight is 482 g/mol. The summed E-state index contributed by atoms with van der Waals surface area (Å²) in [6.45, 7) is 5.61. The Morgan fingerprint density at radius 1 is 0.857 bits per heavy atom. The fourth-order valence-electron chi connectivity index (χ4n) is 4.13. The van der Waals surface area contributed by atoms with E-state index in [-0.39, 0.29) is 6.03 Å². The number of nitrogens with one attached hydrogen (secondary N) is 2. The largest absolute Gasteiger partial charge is 0.480 e. The number of unbranched alkanes of at least 4 members (excludes halogenated alkanes) is 6. The van der Waals surface area contributed by atoms with E-state index in [0.29, 0.717) is 19.5 Å². The zero-order valence-corrected chi connectivity index (χ0v) is 21.7. The summed E-state index contributed by atoms with van der Waals surface area (Å²) in [7, 11) is 1.75. The number of anilines is 1. The highest BCUT2D eigenvalue weighted by atomic mass is 16.4. The summed E-state index contributed by atoms with van der Waals surface area (Å²) in [4.78, 5) is 26.6. The molecule has 2 aromatic carbocycles. The molecule has 0 saturated carbocycles. The molecular formula is C29H43N3O3. The molecule has 0 saturated heterocycles. The predicted octanol–water partition coefficient (Wildman–Crippen LogP) is 6.25. The minimum absolute atomic E-state index is 0.172. The number of carboxylic acid groups (broad SMARTS) is 1. The van der Waals surface area contributed by atoms with Gasteiger partial charge in [0.15, 0.2) is 0 Å². The number of carboxylic acids is 1. The van der Waals surface area contributed by atoms with Crippen molar-refractivity contribution in [3.05, 3.63) is 54.1 Å². The molecule has 1 atom stereocenters. The predicted molar refractivity (Wildman–Crippen MR) is 145 cm³/mol. The van der Waals surface area contributed by atoms with Crippen LogP contribution < -0.4 is 15.5 Å². The van der Waals surface area contributed by atoms with Crippen LogP contribution in [0.5, 0.6) is 0 Å². The SMILES string of the molecule is CCCCCCCNC(=O)N(C)c1cc(-c2ccccc2)ccc1C[C@H](NCCCCC)C(=O)O. The molecule has 6 nitrogen and oxygen atoms in total. The number of rotatable bonds is 16. The van der Waals surface area contributed by atoms with Gasteiger partial charge in [-0.2, -0.15) is 0 Å². The van der Waals surface area contributed by atoms with Crippen molar-refractivity contribution in [2.45, 2.75) is 77.7 Å². The molecule has 0 aliphatic rings. The lowest BCUT2D eigenvalue weighted by molar-refractivity contribution is -0.139. The highest BCUT2D eigenvalue weighted by molar-refractivity contribution is 5.93. The maximum absolute atomic E-state index is 13.0. The van der Waals surface area contributed by atoms with Crippen LogP contribution in [0, 0.1) is 0 Å². The van der Waals surface area contributed by atoms with E-state index >= 15 is 0 Å². The van der Waals surface area contributed by atoms with Gasteiger partial charge in [-0.25, -0.2) is 4.79 Å². The van der Waals surface area contributed by atoms with Gasteiger partial charge in [0.25, 0.3) is 0 Å². The van der Waals surface area contributed by atoms with Gasteiger partial charge in [-0.3, -0.25) is 9.69 Å². The van der Waals surface area contributed by atoms with E-state index < -0.39 is 12.0 Å². The molecule has 0 fully saturated rings. The van der Waals surface area contributed by atoms with Gasteiger partial charge in [0.05, 0.1) is 0 Å². The van der Waals surface area contributed by atoms with E-state index in [0.717, 1.165) is 54.5 Å². The van der Waals surface area contributed by atoms with E-state index in [1.165, 1.54) is 19.3 Å². The molecule has 2 amide bonds. The highest BCUT2D eigenvalue weighted by Gasteiger charge is 2.22. The lowest BCUT2D eigenvalue weighted by atomic mass is 9.98. The third kappa shape index (κ3) is 9.73. The molecule has 0 aliphatic heterocycles. The Labute approximate surface area is 211 Å². The first-order valence-corrected chi connectivity index (χ1v) is 13.1. The van der Waals surface area contributed by atoms with Crippen LogP contribution in [0.15, 0.2) is 48.5 Å². The molecule has 2 rings (SSSR count). The molecule has 0 bridgehead atoms. The fourth-order valence-corrected chi connectivity index (χ4v) is 4.13. The molecule has 0 spiro atoms. The Morgan fingerprint density at radius 2 is 1.51 bits per heavy atom. The molecule has 2 aromatic rings. The van der Waals surface area contributed by atoms with E-state index in [9.17, 15) is 14.7 Å². The molecule has 0 radical (unpaired) electrons. The second kappa shape index (κ2) is 15.9. The zero-order chi connectivity index (χ0) is 25.5. The molecule has 0 aromatic heterocycles. The van der Waals surface area contributed by atoms with Crippen LogP contribution in [0.4, 0.5) is 10.5 Å². The Hall–Kier alpha value is -2.86. The Morgan fingerprint density at radius 3 is 2.20 bits per heavy atom. The van der Waals surface area contributed by atoms with Gasteiger partial charge in [0.1, 0.15) is 6.04 Å². The van der Waals surface area contributed by atoms with Gasteiger partial charge >= 0.3 is 12.0 Å². The number of urea groups is 1. The van der Waals surface area contributed by atoms with Crippen molar-refractivity contribution in [1.82, 2.24) is 10.6 Å². The number of benzene rings is 2. The Kier molecular flexibility index (Phi) is 12.9. The van der Waals surface area contributed by atoms with E-state index in [1.807, 2.05) is 48.5 Å². The second-order valence-electron chi connectivity index (χ2n) is 9.17. The molecule has 35 heavy (non-hydrogen) atoms. The minimum Gasteiger partial charge on any atom is -0.480 e. The van der Waals surface area contributed by atoms with E-state index in [4.69, 9.17) is 0 Å². The van der Waals surface area contributed by atoms with Crippen LogP contribution in [0.2, 0.25) is 0 Å². The molecule has 0 aliphatic carbocycles. The number of nitrogens with zero attached hydrogens (tertiary/aromatic N) is 1. The maximum atomic E-state index is 13.0. The first-order valence-electron chi connectivity index (χ1n) is 13.1. The van der Waals surface area contributed by atoms with Crippen molar-refractivity contribution in [2.75, 3.05) is 25.0 Å². The lowest BCUT2D eigenvalue weighted by Gasteiger charge is -2.24. The molecule has 0 unspecified atom stereocenters. The number of carbonyl (C=O) groups excluding carboxylic acids is 1. The summed E-state index contributed by atoms with van der Waals surface area (Å²) in [5.74, 6) is -0.876. The summed E-state index contributed by atoms with van der Waals surface area (Å²) >= 11 is 0. The van der Waals surface area contributed by atoms with Crippen molar-refractivity contribution < 1.29 is 14.7 Å². The molecule has 3 N–H and O–H groups in total. The van der Waals surface area contributed by atoms with Crippen LogP contribution in [-0.2, 0) is 11.2 Å². The highest BCUT2D eigenvalue weighted by Crippen LogP contribution is 2.29. The first kappa shape index (κ1) is 28.4. The number of hydrogen-bond acceptors (Lipinski definition) is 3. The van der Waals surface area contributed by atoms with Crippen molar-refractivity contribution in [3.8, 4) is 11.1 Å². The number of carbonyl (C=O) groups is 2. The Balaban J connectivity index is 2.20. The maximum Gasteiger partial charge on any atom is 0.321 e. The third-order valence-electron chi connectivity index (χ3n) is 6.31. The van der Waals surface area contributed by atoms with Gasteiger partial charge < -0.3 is 15.7 Å². The van der Waals surface area contributed by atoms with Crippen LogP contribution in [0.3, 0.4) is 0 Å². The number of hydrogen-bond donors (Lipinski definition) is 3. The lowest BCUT2D eigenvalue weighted by Crippen LogP contribution is -2.41. The molecule has 0 heterocycles. The van der Waals surface area contributed by atoms with Gasteiger partial charge in [0.2, 0.25) is 0 Å². The summed E-state index contributed by atoms with van der Waals surface area (Å²) < 4.78 is 0. The van der Waals surface area contributed by atoms with Crippen LogP contribution in [0.25, 0.3) is 11.1 Å². The van der Waals surface area contributed by atoms with Gasteiger partial charge in [0, 0.05) is 25.7 Å². The number of amides is 2. The third-order valence-corrected chi connectivity index (χ3v) is 6.31. The van der Waals surface area contributed by atoms with Gasteiger partial charge in [-0.1, -0.05) is 94.8 Å².